The lowest BCUT2D eigenvalue weighted by Crippen LogP contribution is -2.13. The fraction of sp³-hybridized carbons (Fsp3) is 0.429. The highest BCUT2D eigenvalue weighted by atomic mass is 19.4. The number of halogens is 3. The molecule has 2 nitrogen and oxygen atoms in total. The summed E-state index contributed by atoms with van der Waals surface area (Å²) >= 11 is 0. The zero-order chi connectivity index (χ0) is 9.19. The van der Waals surface area contributed by atoms with Gasteiger partial charge in [-0.25, -0.2) is 9.97 Å². The largest absolute Gasteiger partial charge is 0.394 e. The second-order valence-electron chi connectivity index (χ2n) is 2.33. The summed E-state index contributed by atoms with van der Waals surface area (Å²) in [6.07, 6.45) is -2.90. The standard InChI is InChI=1S/C7H6F3N2/c1-5-11-3-2-6(12-5)4-7(8,9)10/h2H,4H2,1H3. The molecule has 0 spiro atoms. The summed E-state index contributed by atoms with van der Waals surface area (Å²) in [5.74, 6) is 0.303. The Morgan fingerprint density at radius 1 is 1.50 bits per heavy atom. The lowest BCUT2D eigenvalue weighted by Gasteiger charge is -2.04. The molecule has 0 amide bonds. The molecule has 0 saturated carbocycles. The van der Waals surface area contributed by atoms with Crippen LogP contribution in [0.15, 0.2) is 6.07 Å². The van der Waals surface area contributed by atoms with Crippen molar-refractivity contribution in [1.82, 2.24) is 9.97 Å². The minimum Gasteiger partial charge on any atom is -0.238 e. The smallest absolute Gasteiger partial charge is 0.238 e. The average molecular weight is 175 g/mol. The van der Waals surface area contributed by atoms with Crippen molar-refractivity contribution in [1.29, 1.82) is 0 Å². The van der Waals surface area contributed by atoms with Gasteiger partial charge in [-0.3, -0.25) is 0 Å². The maximum Gasteiger partial charge on any atom is 0.394 e. The molecule has 0 fully saturated rings. The van der Waals surface area contributed by atoms with E-state index in [1.165, 1.54) is 6.92 Å². The first kappa shape index (κ1) is 8.96. The second kappa shape index (κ2) is 3.08. The molecule has 0 aliphatic heterocycles. The van der Waals surface area contributed by atoms with Crippen molar-refractivity contribution in [2.45, 2.75) is 19.5 Å². The molecule has 0 bridgehead atoms. The van der Waals surface area contributed by atoms with Crippen LogP contribution in [0.3, 0.4) is 0 Å². The number of aromatic nitrogens is 2. The van der Waals surface area contributed by atoms with Gasteiger partial charge in [-0.05, 0) is 13.0 Å². The summed E-state index contributed by atoms with van der Waals surface area (Å²) in [7, 11) is 0. The van der Waals surface area contributed by atoms with Crippen LogP contribution in [0, 0.1) is 13.1 Å². The van der Waals surface area contributed by atoms with E-state index >= 15 is 0 Å². The fourth-order valence-corrected chi connectivity index (χ4v) is 0.761. The molecule has 0 aromatic carbocycles. The van der Waals surface area contributed by atoms with Gasteiger partial charge >= 0.3 is 6.18 Å². The summed E-state index contributed by atoms with van der Waals surface area (Å²) in [4.78, 5) is 7.16. The molecule has 65 valence electrons. The van der Waals surface area contributed by atoms with Gasteiger partial charge in [-0.1, -0.05) is 0 Å². The molecule has 12 heavy (non-hydrogen) atoms. The van der Waals surface area contributed by atoms with Gasteiger partial charge in [-0.15, -0.1) is 0 Å². The summed E-state index contributed by atoms with van der Waals surface area (Å²) in [5.41, 5.74) is -0.0463. The van der Waals surface area contributed by atoms with Gasteiger partial charge in [0.25, 0.3) is 0 Å². The molecular weight excluding hydrogens is 169 g/mol. The van der Waals surface area contributed by atoms with Crippen molar-refractivity contribution >= 4 is 0 Å². The molecule has 0 saturated heterocycles. The number of alkyl halides is 3. The first-order valence-electron chi connectivity index (χ1n) is 3.25. The van der Waals surface area contributed by atoms with Crippen LogP contribution >= 0.6 is 0 Å². The first-order valence-corrected chi connectivity index (χ1v) is 3.25. The Labute approximate surface area is 67.5 Å². The van der Waals surface area contributed by atoms with E-state index in [1.807, 2.05) is 0 Å². The minimum atomic E-state index is -4.21. The van der Waals surface area contributed by atoms with Crippen LogP contribution in [0.2, 0.25) is 0 Å². The zero-order valence-corrected chi connectivity index (χ0v) is 6.31. The van der Waals surface area contributed by atoms with E-state index in [2.05, 4.69) is 16.2 Å². The Hall–Kier alpha value is -1.13. The first-order chi connectivity index (χ1) is 5.47. The maximum absolute atomic E-state index is 11.8. The molecule has 5 heteroatoms. The van der Waals surface area contributed by atoms with Crippen LogP contribution in [0.4, 0.5) is 13.2 Å². The Bertz CT molecular complexity index is 270. The SMILES string of the molecule is Cc1n[c]cc(CC(F)(F)F)n1. The van der Waals surface area contributed by atoms with E-state index in [-0.39, 0.29) is 5.69 Å². The number of rotatable bonds is 1. The fourth-order valence-electron chi connectivity index (χ4n) is 0.761. The summed E-state index contributed by atoms with van der Waals surface area (Å²) in [6, 6.07) is 1.14. The Kier molecular flexibility index (Phi) is 2.30. The van der Waals surface area contributed by atoms with Gasteiger partial charge in [0.1, 0.15) is 5.82 Å². The van der Waals surface area contributed by atoms with Crippen LogP contribution in [-0.4, -0.2) is 16.1 Å². The van der Waals surface area contributed by atoms with Crippen LogP contribution in [-0.2, 0) is 6.42 Å². The molecule has 1 heterocycles. The van der Waals surface area contributed by atoms with Crippen molar-refractivity contribution in [2.75, 3.05) is 0 Å². The number of nitrogens with zero attached hydrogens (tertiary/aromatic N) is 2. The van der Waals surface area contributed by atoms with E-state index in [4.69, 9.17) is 0 Å². The molecular formula is C7H6F3N2. The average Bonchev–Trinajstić information content (AvgIpc) is 1.82. The summed E-state index contributed by atoms with van der Waals surface area (Å²) in [6.45, 7) is 1.52. The highest BCUT2D eigenvalue weighted by Gasteiger charge is 2.28. The predicted molar refractivity (Wildman–Crippen MR) is 35.4 cm³/mol. The van der Waals surface area contributed by atoms with E-state index in [0.717, 1.165) is 6.07 Å². The van der Waals surface area contributed by atoms with Gasteiger partial charge in [0.2, 0.25) is 0 Å². The maximum atomic E-state index is 11.8. The molecule has 0 aliphatic carbocycles. The van der Waals surface area contributed by atoms with Crippen LogP contribution < -0.4 is 0 Å². The predicted octanol–water partition coefficient (Wildman–Crippen LogP) is 1.69. The number of aryl methyl sites for hydroxylation is 1. The van der Waals surface area contributed by atoms with Gasteiger partial charge < -0.3 is 0 Å². The summed E-state index contributed by atoms with van der Waals surface area (Å²) in [5, 5.41) is 0. The van der Waals surface area contributed by atoms with Crippen molar-refractivity contribution in [3.05, 3.63) is 23.8 Å². The third kappa shape index (κ3) is 2.86. The number of hydrogen-bond acceptors (Lipinski definition) is 2. The van der Waals surface area contributed by atoms with E-state index in [9.17, 15) is 13.2 Å². The van der Waals surface area contributed by atoms with Crippen LogP contribution in [0.25, 0.3) is 0 Å². The van der Waals surface area contributed by atoms with Crippen molar-refractivity contribution in [3.8, 4) is 0 Å². The highest BCUT2D eigenvalue weighted by molar-refractivity contribution is 5.01. The Morgan fingerprint density at radius 3 is 2.67 bits per heavy atom. The Balaban J connectivity index is 2.77. The topological polar surface area (TPSA) is 25.8 Å². The molecule has 1 radical (unpaired) electrons. The second-order valence-corrected chi connectivity index (χ2v) is 2.33. The Morgan fingerprint density at radius 2 is 2.17 bits per heavy atom. The molecule has 0 N–H and O–H groups in total. The van der Waals surface area contributed by atoms with Crippen molar-refractivity contribution < 1.29 is 13.2 Å². The van der Waals surface area contributed by atoms with Gasteiger partial charge in [-0.2, -0.15) is 13.2 Å². The lowest BCUT2D eigenvalue weighted by atomic mass is 10.3. The highest BCUT2D eigenvalue weighted by Crippen LogP contribution is 2.19. The van der Waals surface area contributed by atoms with Gasteiger partial charge in [0.05, 0.1) is 18.3 Å². The van der Waals surface area contributed by atoms with Gasteiger partial charge in [0.15, 0.2) is 0 Å². The van der Waals surface area contributed by atoms with E-state index in [1.54, 1.807) is 0 Å². The van der Waals surface area contributed by atoms with Gasteiger partial charge in [0, 0.05) is 0 Å². The zero-order valence-electron chi connectivity index (χ0n) is 6.31. The molecule has 1 aromatic rings. The molecule has 0 atom stereocenters. The molecule has 1 aromatic heterocycles. The van der Waals surface area contributed by atoms with E-state index < -0.39 is 12.6 Å². The minimum absolute atomic E-state index is 0.0463. The van der Waals surface area contributed by atoms with Crippen molar-refractivity contribution in [3.63, 3.8) is 0 Å². The third-order valence-electron chi connectivity index (χ3n) is 1.14. The molecule has 1 rings (SSSR count). The molecule has 0 aliphatic rings. The van der Waals surface area contributed by atoms with Crippen LogP contribution in [0.5, 0.6) is 0 Å². The normalized spacial score (nSPS) is 11.7. The summed E-state index contributed by atoms with van der Waals surface area (Å²) < 4.78 is 35.4. The van der Waals surface area contributed by atoms with Crippen LogP contribution in [0.1, 0.15) is 11.5 Å². The quantitative estimate of drug-likeness (QED) is 0.649. The third-order valence-corrected chi connectivity index (χ3v) is 1.14. The monoisotopic (exact) mass is 175 g/mol. The lowest BCUT2D eigenvalue weighted by molar-refractivity contribution is -0.127. The number of hydrogen-bond donors (Lipinski definition) is 0. The van der Waals surface area contributed by atoms with E-state index in [0.29, 0.717) is 5.82 Å². The molecule has 0 unspecified atom stereocenters. The van der Waals surface area contributed by atoms with Crippen molar-refractivity contribution in [2.24, 2.45) is 0 Å².